The number of benzene rings is 2. The molecule has 2 N–H and O–H groups in total. The van der Waals surface area contributed by atoms with Crippen molar-refractivity contribution in [3.63, 3.8) is 0 Å². The maximum absolute atomic E-state index is 12.0. The Labute approximate surface area is 216 Å². The number of para-hydroxylation sites is 1. The second-order valence-corrected chi connectivity index (χ2v) is 8.57. The molecule has 9 heteroatoms. The van der Waals surface area contributed by atoms with Gasteiger partial charge in [0.15, 0.2) is 11.8 Å². The van der Waals surface area contributed by atoms with Crippen molar-refractivity contribution in [2.45, 2.75) is 31.7 Å². The van der Waals surface area contributed by atoms with E-state index < -0.39 is 0 Å². The first-order chi connectivity index (χ1) is 16.2. The number of anilines is 1. The van der Waals surface area contributed by atoms with Gasteiger partial charge in [-0.3, -0.25) is 14.9 Å². The number of carbonyl (C=O) groups excluding carboxylic acids is 1. The van der Waals surface area contributed by atoms with Gasteiger partial charge in [-0.05, 0) is 36.1 Å². The third-order valence-electron chi connectivity index (χ3n) is 6.52. The largest absolute Gasteiger partial charge is 0.352 e. The first kappa shape index (κ1) is 24.2. The lowest BCUT2D eigenvalue weighted by Crippen LogP contribution is -2.40. The predicted molar refractivity (Wildman–Crippen MR) is 144 cm³/mol. The van der Waals surface area contributed by atoms with E-state index in [-0.39, 0.29) is 24.0 Å². The van der Waals surface area contributed by atoms with Crippen LogP contribution in [0, 0.1) is 0 Å². The Morgan fingerprint density at radius 2 is 2.12 bits per heavy atom. The molecule has 5 rings (SSSR count). The predicted octanol–water partition coefficient (Wildman–Crippen LogP) is 3.78. The number of hydrogen-bond acceptors (Lipinski definition) is 4. The highest BCUT2D eigenvalue weighted by molar-refractivity contribution is 14.0. The molecule has 1 amide bonds. The van der Waals surface area contributed by atoms with Gasteiger partial charge in [-0.15, -0.1) is 24.0 Å². The molecule has 0 spiro atoms. The van der Waals surface area contributed by atoms with E-state index in [1.54, 1.807) is 0 Å². The Kier molecular flexibility index (Phi) is 7.81. The zero-order chi connectivity index (χ0) is 22.6. The molecule has 178 valence electrons. The van der Waals surface area contributed by atoms with Crippen molar-refractivity contribution in [1.29, 1.82) is 0 Å². The van der Waals surface area contributed by atoms with Gasteiger partial charge in [-0.1, -0.05) is 36.4 Å². The molecule has 3 heterocycles. The summed E-state index contributed by atoms with van der Waals surface area (Å²) in [7, 11) is 1.83. The average molecular weight is 571 g/mol. The number of aromatic nitrogens is 3. The summed E-state index contributed by atoms with van der Waals surface area (Å²) in [5, 5.41) is 10.4. The molecule has 1 atom stereocenters. The number of aliphatic imine (C=N–C) groups is 1. The van der Waals surface area contributed by atoms with Crippen LogP contribution in [0.15, 0.2) is 59.9 Å². The van der Waals surface area contributed by atoms with Crippen molar-refractivity contribution in [3.8, 4) is 11.4 Å². The number of halogens is 1. The molecule has 2 aliphatic heterocycles. The minimum absolute atomic E-state index is 0. The fraction of sp³-hybridized carbons (Fsp3) is 0.360. The molecule has 1 fully saturated rings. The fourth-order valence-electron chi connectivity index (χ4n) is 4.84. The van der Waals surface area contributed by atoms with E-state index in [9.17, 15) is 4.79 Å². The number of fused-ring (bicyclic) bond motifs is 1. The monoisotopic (exact) mass is 571 g/mol. The Hall–Kier alpha value is -2.95. The summed E-state index contributed by atoms with van der Waals surface area (Å²) in [4.78, 5) is 25.1. The van der Waals surface area contributed by atoms with E-state index in [1.807, 2.05) is 24.1 Å². The molecule has 1 saturated heterocycles. The number of rotatable bonds is 6. The van der Waals surface area contributed by atoms with Gasteiger partial charge in [0.25, 0.3) is 0 Å². The number of guanidine groups is 1. The van der Waals surface area contributed by atoms with Crippen LogP contribution in [0.5, 0.6) is 0 Å². The maximum atomic E-state index is 12.0. The number of aromatic amines is 1. The van der Waals surface area contributed by atoms with Crippen LogP contribution in [0.25, 0.3) is 11.4 Å². The van der Waals surface area contributed by atoms with E-state index in [0.717, 1.165) is 55.4 Å². The lowest BCUT2D eigenvalue weighted by Gasteiger charge is -2.23. The summed E-state index contributed by atoms with van der Waals surface area (Å²) in [5.41, 5.74) is 4.67. The van der Waals surface area contributed by atoms with Gasteiger partial charge in [0.1, 0.15) is 6.33 Å². The highest BCUT2D eigenvalue weighted by atomic mass is 127. The first-order valence-electron chi connectivity index (χ1n) is 11.5. The first-order valence-corrected chi connectivity index (χ1v) is 11.5. The molecule has 1 unspecified atom stereocenters. The van der Waals surface area contributed by atoms with Crippen LogP contribution in [-0.4, -0.2) is 58.6 Å². The van der Waals surface area contributed by atoms with Gasteiger partial charge < -0.3 is 15.1 Å². The van der Waals surface area contributed by atoms with E-state index >= 15 is 0 Å². The van der Waals surface area contributed by atoms with Gasteiger partial charge in [-0.2, -0.15) is 5.10 Å². The van der Waals surface area contributed by atoms with Crippen LogP contribution in [0.3, 0.4) is 0 Å². The average Bonchev–Trinajstić information content (AvgIpc) is 3.60. The maximum Gasteiger partial charge on any atom is 0.222 e. The van der Waals surface area contributed by atoms with Gasteiger partial charge in [0.05, 0.1) is 0 Å². The summed E-state index contributed by atoms with van der Waals surface area (Å²) in [5.74, 6) is 2.28. The summed E-state index contributed by atoms with van der Waals surface area (Å²) in [6, 6.07) is 16.8. The van der Waals surface area contributed by atoms with Crippen LogP contribution in [0.1, 0.15) is 36.3 Å². The number of H-pyrrole nitrogens is 1. The zero-order valence-electron chi connectivity index (χ0n) is 19.3. The third kappa shape index (κ3) is 5.08. The topological polar surface area (TPSA) is 89.5 Å². The Bertz CT molecular complexity index is 1150. The van der Waals surface area contributed by atoms with Crippen molar-refractivity contribution >= 4 is 41.5 Å². The van der Waals surface area contributed by atoms with Crippen molar-refractivity contribution in [1.82, 2.24) is 25.4 Å². The van der Waals surface area contributed by atoms with E-state index in [1.165, 1.54) is 17.6 Å². The lowest BCUT2D eigenvalue weighted by atomic mass is 9.98. The van der Waals surface area contributed by atoms with Crippen molar-refractivity contribution in [2.24, 2.45) is 4.99 Å². The highest BCUT2D eigenvalue weighted by Crippen LogP contribution is 2.38. The molecule has 0 radical (unpaired) electrons. The summed E-state index contributed by atoms with van der Waals surface area (Å²) in [6.45, 7) is 3.23. The van der Waals surface area contributed by atoms with Crippen molar-refractivity contribution in [2.75, 3.05) is 31.6 Å². The Morgan fingerprint density at radius 3 is 2.88 bits per heavy atom. The summed E-state index contributed by atoms with van der Waals surface area (Å²) in [6.07, 6.45) is 4.17. The molecule has 0 bridgehead atoms. The van der Waals surface area contributed by atoms with Crippen molar-refractivity contribution in [3.05, 3.63) is 66.0 Å². The van der Waals surface area contributed by atoms with Gasteiger partial charge in [0, 0.05) is 56.8 Å². The lowest BCUT2D eigenvalue weighted by molar-refractivity contribution is -0.127. The number of carbonyl (C=O) groups is 1. The minimum Gasteiger partial charge on any atom is -0.352 e. The molecule has 2 aromatic carbocycles. The normalized spacial score (nSPS) is 17.6. The Balaban J connectivity index is 0.00000274. The molecule has 8 nitrogen and oxygen atoms in total. The molecule has 34 heavy (non-hydrogen) atoms. The van der Waals surface area contributed by atoms with Crippen LogP contribution >= 0.6 is 24.0 Å². The van der Waals surface area contributed by atoms with E-state index in [2.05, 4.69) is 66.8 Å². The standard InChI is InChI=1S/C25H29N7O.HI/c1-26-25(27-15-18-6-4-7-19(14-18)24-28-17-29-30-24)32-16-20(21-8-2-3-9-22(21)32)11-13-31-12-5-10-23(31)33;/h2-4,6-9,14,17,20H,5,10-13,15-16H2,1H3,(H,26,27)(H,28,29,30);1H. The molecule has 0 aliphatic carbocycles. The minimum atomic E-state index is 0. The van der Waals surface area contributed by atoms with Crippen LogP contribution in [0.4, 0.5) is 5.69 Å². The second-order valence-electron chi connectivity index (χ2n) is 8.57. The van der Waals surface area contributed by atoms with E-state index in [0.29, 0.717) is 24.8 Å². The molecule has 2 aliphatic rings. The molecule has 0 saturated carbocycles. The van der Waals surface area contributed by atoms with Crippen LogP contribution in [0.2, 0.25) is 0 Å². The fourth-order valence-corrected chi connectivity index (χ4v) is 4.84. The van der Waals surface area contributed by atoms with Gasteiger partial charge in [0.2, 0.25) is 5.91 Å². The van der Waals surface area contributed by atoms with E-state index in [4.69, 9.17) is 0 Å². The number of likely N-dealkylation sites (tertiary alicyclic amines) is 1. The molecular weight excluding hydrogens is 541 g/mol. The smallest absolute Gasteiger partial charge is 0.222 e. The summed E-state index contributed by atoms with van der Waals surface area (Å²) >= 11 is 0. The van der Waals surface area contributed by atoms with Gasteiger partial charge >= 0.3 is 0 Å². The number of amides is 1. The molecular formula is C25H30IN7O. The second kappa shape index (κ2) is 11.0. The Morgan fingerprint density at radius 1 is 1.24 bits per heavy atom. The van der Waals surface area contributed by atoms with Crippen LogP contribution < -0.4 is 10.2 Å². The third-order valence-corrected chi connectivity index (χ3v) is 6.52. The quantitative estimate of drug-likeness (QED) is 0.267. The highest BCUT2D eigenvalue weighted by Gasteiger charge is 2.32. The number of nitrogens with zero attached hydrogens (tertiary/aromatic N) is 5. The van der Waals surface area contributed by atoms with Crippen molar-refractivity contribution < 1.29 is 4.79 Å². The number of hydrogen-bond donors (Lipinski definition) is 2. The van der Waals surface area contributed by atoms with Gasteiger partial charge in [-0.25, -0.2) is 4.98 Å². The SMILES string of the molecule is CN=C(NCc1cccc(-c2ncn[nH]2)c1)N1CC(CCN2CCCC2=O)c2ccccc21.I. The zero-order valence-corrected chi connectivity index (χ0v) is 21.6. The summed E-state index contributed by atoms with van der Waals surface area (Å²) < 4.78 is 0. The number of nitrogens with one attached hydrogen (secondary N) is 2. The molecule has 3 aromatic rings. The molecule has 1 aromatic heterocycles. The van der Waals surface area contributed by atoms with Crippen LogP contribution in [-0.2, 0) is 11.3 Å².